The van der Waals surface area contributed by atoms with E-state index in [1.165, 1.54) is 24.3 Å². The first-order valence-electron chi connectivity index (χ1n) is 9.31. The van der Waals surface area contributed by atoms with Crippen LogP contribution in [-0.4, -0.2) is 33.5 Å². The van der Waals surface area contributed by atoms with Crippen LogP contribution in [0.15, 0.2) is 41.5 Å². The number of hydrogen-bond acceptors (Lipinski definition) is 4. The highest BCUT2D eigenvalue weighted by Gasteiger charge is 2.31. The molecule has 154 valence electrons. The summed E-state index contributed by atoms with van der Waals surface area (Å²) in [6.07, 6.45) is 0.477. The molecule has 0 spiro atoms. The average molecular weight is 407 g/mol. The molecule has 0 saturated carbocycles. The normalized spacial score (nSPS) is 15.7. The van der Waals surface area contributed by atoms with Crippen LogP contribution in [0.2, 0.25) is 0 Å². The van der Waals surface area contributed by atoms with E-state index < -0.39 is 6.36 Å². The van der Waals surface area contributed by atoms with Gasteiger partial charge in [0.15, 0.2) is 0 Å². The number of nitrogens with zero attached hydrogens (tertiary/aromatic N) is 3. The average Bonchev–Trinajstić information content (AvgIpc) is 3.10. The molecule has 6 nitrogen and oxygen atoms in total. The molecule has 1 fully saturated rings. The van der Waals surface area contributed by atoms with Crippen molar-refractivity contribution in [1.29, 1.82) is 0 Å². The summed E-state index contributed by atoms with van der Waals surface area (Å²) in [5.41, 5.74) is 1.73. The van der Waals surface area contributed by atoms with Crippen LogP contribution in [0, 0.1) is 6.92 Å². The summed E-state index contributed by atoms with van der Waals surface area (Å²) in [4.78, 5) is 17.5. The Bertz CT molecular complexity index is 1060. The molecule has 0 amide bonds. The Labute approximate surface area is 164 Å². The van der Waals surface area contributed by atoms with E-state index in [0.717, 1.165) is 24.4 Å². The lowest BCUT2D eigenvalue weighted by Gasteiger charge is -2.21. The van der Waals surface area contributed by atoms with Crippen LogP contribution in [0.5, 0.6) is 5.75 Å². The molecule has 3 aromatic rings. The zero-order valence-corrected chi connectivity index (χ0v) is 15.8. The van der Waals surface area contributed by atoms with Crippen LogP contribution in [0.3, 0.4) is 0 Å². The summed E-state index contributed by atoms with van der Waals surface area (Å²) in [5, 5.41) is 0. The van der Waals surface area contributed by atoms with E-state index in [0.29, 0.717) is 24.3 Å². The molecule has 2 aromatic heterocycles. The van der Waals surface area contributed by atoms with Crippen molar-refractivity contribution in [3.63, 3.8) is 0 Å². The van der Waals surface area contributed by atoms with E-state index >= 15 is 0 Å². The van der Waals surface area contributed by atoms with Gasteiger partial charge in [-0.05, 0) is 37.5 Å². The van der Waals surface area contributed by atoms with Crippen molar-refractivity contribution in [3.05, 3.63) is 64.1 Å². The van der Waals surface area contributed by atoms with E-state index in [9.17, 15) is 18.0 Å². The smallest absolute Gasteiger partial charge is 0.406 e. The number of imidazole rings is 1. The maximum absolute atomic E-state index is 13.0. The first kappa shape index (κ1) is 19.5. The van der Waals surface area contributed by atoms with Gasteiger partial charge in [-0.1, -0.05) is 12.1 Å². The largest absolute Gasteiger partial charge is 0.573 e. The predicted molar refractivity (Wildman–Crippen MR) is 99.2 cm³/mol. The molecular formula is C20H20F3N3O3. The number of alkyl halides is 3. The van der Waals surface area contributed by atoms with E-state index in [2.05, 4.69) is 9.72 Å². The molecule has 29 heavy (non-hydrogen) atoms. The fourth-order valence-corrected chi connectivity index (χ4v) is 3.66. The molecule has 0 atom stereocenters. The molecule has 1 saturated heterocycles. The first-order chi connectivity index (χ1) is 13.8. The molecule has 0 bridgehead atoms. The second kappa shape index (κ2) is 7.55. The molecule has 3 heterocycles. The molecule has 9 heteroatoms. The van der Waals surface area contributed by atoms with E-state index in [4.69, 9.17) is 4.74 Å². The highest BCUT2D eigenvalue weighted by molar-refractivity contribution is 5.45. The predicted octanol–water partition coefficient (Wildman–Crippen LogP) is 3.65. The standard InChI is InChI=1S/C20H20F3N3O3/c1-13-11-26-17(10-24-18(26)15-6-8-28-9-7-15)19(27)25(13)12-14-2-4-16(5-3-14)29-20(21,22)23/h2-5,10-11,15H,6-9,12H2,1H3. The van der Waals surface area contributed by atoms with Gasteiger partial charge in [-0.25, -0.2) is 4.98 Å². The summed E-state index contributed by atoms with van der Waals surface area (Å²) in [5.74, 6) is 0.823. The Kier molecular flexibility index (Phi) is 5.08. The van der Waals surface area contributed by atoms with E-state index in [-0.39, 0.29) is 23.8 Å². The number of aromatic nitrogens is 3. The second-order valence-corrected chi connectivity index (χ2v) is 7.11. The van der Waals surface area contributed by atoms with E-state index in [1.807, 2.05) is 17.5 Å². The maximum Gasteiger partial charge on any atom is 0.573 e. The number of benzene rings is 1. The van der Waals surface area contributed by atoms with Gasteiger partial charge in [-0.3, -0.25) is 9.20 Å². The van der Waals surface area contributed by atoms with E-state index in [1.54, 1.807) is 10.8 Å². The quantitative estimate of drug-likeness (QED) is 0.663. The Morgan fingerprint density at radius 3 is 2.55 bits per heavy atom. The fourth-order valence-electron chi connectivity index (χ4n) is 3.66. The van der Waals surface area contributed by atoms with Crippen LogP contribution < -0.4 is 10.3 Å². The molecule has 0 unspecified atom stereocenters. The zero-order chi connectivity index (χ0) is 20.6. The van der Waals surface area contributed by atoms with Crippen LogP contribution in [0.1, 0.15) is 35.8 Å². The summed E-state index contributed by atoms with van der Waals surface area (Å²) < 4.78 is 49.6. The summed E-state index contributed by atoms with van der Waals surface area (Å²) >= 11 is 0. The molecule has 1 aliphatic rings. The monoisotopic (exact) mass is 407 g/mol. The van der Waals surface area contributed by atoms with Gasteiger partial charge in [0.2, 0.25) is 0 Å². The van der Waals surface area contributed by atoms with Crippen molar-refractivity contribution >= 4 is 5.52 Å². The highest BCUT2D eigenvalue weighted by Crippen LogP contribution is 2.26. The highest BCUT2D eigenvalue weighted by atomic mass is 19.4. The molecule has 1 aliphatic heterocycles. The van der Waals surface area contributed by atoms with Gasteiger partial charge >= 0.3 is 6.36 Å². The summed E-state index contributed by atoms with van der Waals surface area (Å²) in [7, 11) is 0. The third-order valence-electron chi connectivity index (χ3n) is 5.12. The van der Waals surface area contributed by atoms with Crippen molar-refractivity contribution in [3.8, 4) is 5.75 Å². The number of halogens is 3. The van der Waals surface area contributed by atoms with Crippen LogP contribution >= 0.6 is 0 Å². The Balaban J connectivity index is 1.62. The third kappa shape index (κ3) is 4.14. The van der Waals surface area contributed by atoms with Crippen molar-refractivity contribution in [2.75, 3.05) is 13.2 Å². The number of ether oxygens (including phenoxy) is 2. The minimum Gasteiger partial charge on any atom is -0.406 e. The molecular weight excluding hydrogens is 387 g/mol. The van der Waals surface area contributed by atoms with Gasteiger partial charge in [0, 0.05) is 31.0 Å². The van der Waals surface area contributed by atoms with Crippen molar-refractivity contribution in [1.82, 2.24) is 14.0 Å². The van der Waals surface area contributed by atoms with Crippen molar-refractivity contribution in [2.45, 2.75) is 38.6 Å². The van der Waals surface area contributed by atoms with Crippen LogP contribution in [0.4, 0.5) is 13.2 Å². The third-order valence-corrected chi connectivity index (χ3v) is 5.12. The Morgan fingerprint density at radius 1 is 1.21 bits per heavy atom. The zero-order valence-electron chi connectivity index (χ0n) is 15.8. The first-order valence-corrected chi connectivity index (χ1v) is 9.31. The summed E-state index contributed by atoms with van der Waals surface area (Å²) in [6, 6.07) is 5.51. The molecule has 4 rings (SSSR count). The molecule has 0 N–H and O–H groups in total. The number of aryl methyl sites for hydroxylation is 1. The van der Waals surface area contributed by atoms with Gasteiger partial charge in [-0.15, -0.1) is 13.2 Å². The van der Waals surface area contributed by atoms with Gasteiger partial charge in [0.05, 0.1) is 12.7 Å². The van der Waals surface area contributed by atoms with Gasteiger partial charge in [-0.2, -0.15) is 0 Å². The van der Waals surface area contributed by atoms with Gasteiger partial charge in [0.25, 0.3) is 5.56 Å². The minimum atomic E-state index is -4.73. The molecule has 0 aliphatic carbocycles. The van der Waals surface area contributed by atoms with Gasteiger partial charge < -0.3 is 14.0 Å². The lowest BCUT2D eigenvalue weighted by molar-refractivity contribution is -0.274. The Morgan fingerprint density at radius 2 is 1.90 bits per heavy atom. The molecule has 0 radical (unpaired) electrons. The number of fused-ring (bicyclic) bond motifs is 1. The lowest BCUT2D eigenvalue weighted by Crippen LogP contribution is -2.25. The fraction of sp³-hybridized carbons (Fsp3) is 0.400. The summed E-state index contributed by atoms with van der Waals surface area (Å²) in [6.45, 7) is 3.44. The lowest BCUT2D eigenvalue weighted by atomic mass is 10.00. The number of rotatable bonds is 4. The van der Waals surface area contributed by atoms with Gasteiger partial charge in [0.1, 0.15) is 17.1 Å². The van der Waals surface area contributed by atoms with Crippen molar-refractivity contribution in [2.24, 2.45) is 0 Å². The topological polar surface area (TPSA) is 57.8 Å². The SMILES string of the molecule is Cc1cn2c(C3CCOCC3)ncc2c(=O)n1Cc1ccc(OC(F)(F)F)cc1. The minimum absolute atomic E-state index is 0.188. The van der Waals surface area contributed by atoms with Crippen LogP contribution in [-0.2, 0) is 11.3 Å². The van der Waals surface area contributed by atoms with Crippen LogP contribution in [0.25, 0.3) is 5.52 Å². The maximum atomic E-state index is 13.0. The van der Waals surface area contributed by atoms with Crippen molar-refractivity contribution < 1.29 is 22.6 Å². The number of hydrogen-bond donors (Lipinski definition) is 0. The molecule has 1 aromatic carbocycles. The second-order valence-electron chi connectivity index (χ2n) is 7.11. The Hall–Kier alpha value is -2.81.